The highest BCUT2D eigenvalue weighted by Gasteiger charge is 2.27. The highest BCUT2D eigenvalue weighted by molar-refractivity contribution is 7.89. The summed E-state index contributed by atoms with van der Waals surface area (Å²) in [5.74, 6) is -0.120. The fraction of sp³-hybridized carbons (Fsp3) is 0.409. The average Bonchev–Trinajstić information content (AvgIpc) is 2.99. The molecule has 1 aliphatic rings. The van der Waals surface area contributed by atoms with Crippen LogP contribution in [0.5, 0.6) is 0 Å². The molecule has 1 heterocycles. The first kappa shape index (κ1) is 20.6. The van der Waals surface area contributed by atoms with E-state index in [0.717, 1.165) is 31.2 Å². The van der Waals surface area contributed by atoms with Crippen molar-refractivity contribution in [3.63, 3.8) is 0 Å². The van der Waals surface area contributed by atoms with Crippen LogP contribution in [-0.2, 0) is 21.2 Å². The van der Waals surface area contributed by atoms with E-state index in [2.05, 4.69) is 5.32 Å². The molecule has 0 radical (unpaired) electrons. The predicted octanol–water partition coefficient (Wildman–Crippen LogP) is 4.13. The van der Waals surface area contributed by atoms with Gasteiger partial charge in [0.1, 0.15) is 0 Å². The molecule has 6 heteroatoms. The summed E-state index contributed by atoms with van der Waals surface area (Å²) >= 11 is 0. The van der Waals surface area contributed by atoms with Gasteiger partial charge < -0.3 is 5.32 Å². The summed E-state index contributed by atoms with van der Waals surface area (Å²) in [6.45, 7) is 2.93. The van der Waals surface area contributed by atoms with Gasteiger partial charge in [0.15, 0.2) is 0 Å². The first-order valence-electron chi connectivity index (χ1n) is 9.91. The smallest absolute Gasteiger partial charge is 0.243 e. The summed E-state index contributed by atoms with van der Waals surface area (Å²) in [6, 6.07) is 14.9. The number of carbonyl (C=O) groups excluding carboxylic acids is 1. The van der Waals surface area contributed by atoms with E-state index in [0.29, 0.717) is 37.2 Å². The molecule has 0 atom stereocenters. The molecule has 2 aromatic carbocycles. The molecule has 0 aliphatic carbocycles. The van der Waals surface area contributed by atoms with Gasteiger partial charge in [-0.1, -0.05) is 49.2 Å². The molecule has 0 aromatic heterocycles. The number of amides is 1. The summed E-state index contributed by atoms with van der Waals surface area (Å²) in [5.41, 5.74) is 2.33. The molecule has 0 saturated carbocycles. The van der Waals surface area contributed by atoms with Crippen molar-refractivity contribution in [1.82, 2.24) is 4.31 Å². The Morgan fingerprint density at radius 3 is 2.36 bits per heavy atom. The minimum Gasteiger partial charge on any atom is -0.326 e. The van der Waals surface area contributed by atoms with Crippen LogP contribution in [0.15, 0.2) is 53.4 Å². The van der Waals surface area contributed by atoms with E-state index >= 15 is 0 Å². The van der Waals surface area contributed by atoms with Crippen molar-refractivity contribution in [3.8, 4) is 0 Å². The third kappa shape index (κ3) is 5.20. The van der Waals surface area contributed by atoms with Crippen molar-refractivity contribution >= 4 is 21.6 Å². The molecule has 2 aromatic rings. The van der Waals surface area contributed by atoms with Crippen molar-refractivity contribution < 1.29 is 13.2 Å². The Hall–Kier alpha value is -2.18. The molecule has 0 unspecified atom stereocenters. The van der Waals surface area contributed by atoms with Crippen LogP contribution in [0.4, 0.5) is 5.69 Å². The second-order valence-corrected chi connectivity index (χ2v) is 9.24. The first-order valence-corrected chi connectivity index (χ1v) is 11.4. The quantitative estimate of drug-likeness (QED) is 0.793. The summed E-state index contributed by atoms with van der Waals surface area (Å²) in [4.78, 5) is 12.6. The third-order valence-electron chi connectivity index (χ3n) is 5.14. The lowest BCUT2D eigenvalue weighted by Gasteiger charge is -2.21. The molecule has 1 saturated heterocycles. The maximum absolute atomic E-state index is 13.1. The van der Waals surface area contributed by atoms with Crippen LogP contribution < -0.4 is 5.32 Å². The third-order valence-corrected chi connectivity index (χ3v) is 7.18. The van der Waals surface area contributed by atoms with Crippen LogP contribution >= 0.6 is 0 Å². The molecule has 1 fully saturated rings. The average molecular weight is 401 g/mol. The fourth-order valence-corrected chi connectivity index (χ4v) is 5.27. The van der Waals surface area contributed by atoms with E-state index < -0.39 is 10.0 Å². The Bertz CT molecular complexity index is 903. The summed E-state index contributed by atoms with van der Waals surface area (Å²) < 4.78 is 27.8. The van der Waals surface area contributed by atoms with Crippen molar-refractivity contribution in [3.05, 3.63) is 59.7 Å². The van der Waals surface area contributed by atoms with Gasteiger partial charge in [0.05, 0.1) is 4.90 Å². The number of nitrogens with zero attached hydrogens (tertiary/aromatic N) is 1. The first-order chi connectivity index (χ1) is 13.5. The zero-order valence-electron chi connectivity index (χ0n) is 16.4. The van der Waals surface area contributed by atoms with E-state index in [-0.39, 0.29) is 10.8 Å². The molecule has 150 valence electrons. The van der Waals surface area contributed by atoms with Crippen LogP contribution in [0.25, 0.3) is 0 Å². The Kier molecular flexibility index (Phi) is 6.86. The Balaban J connectivity index is 1.71. The van der Waals surface area contributed by atoms with Crippen molar-refractivity contribution in [2.24, 2.45) is 0 Å². The van der Waals surface area contributed by atoms with Crippen LogP contribution in [0.2, 0.25) is 0 Å². The number of benzene rings is 2. The molecule has 1 N–H and O–H groups in total. The molecular weight excluding hydrogens is 372 g/mol. The molecule has 5 nitrogen and oxygen atoms in total. The highest BCUT2D eigenvalue weighted by Crippen LogP contribution is 2.26. The number of carbonyl (C=O) groups is 1. The van der Waals surface area contributed by atoms with E-state index in [4.69, 9.17) is 0 Å². The van der Waals surface area contributed by atoms with Crippen LogP contribution in [0.3, 0.4) is 0 Å². The maximum atomic E-state index is 13.1. The molecule has 1 amide bonds. The van der Waals surface area contributed by atoms with Gasteiger partial charge in [-0.05, 0) is 49.4 Å². The number of nitrogens with one attached hydrogen (secondary N) is 1. The Labute approximate surface area is 167 Å². The van der Waals surface area contributed by atoms with E-state index in [9.17, 15) is 13.2 Å². The lowest BCUT2D eigenvalue weighted by atomic mass is 10.1. The van der Waals surface area contributed by atoms with Crippen LogP contribution in [0, 0.1) is 6.92 Å². The van der Waals surface area contributed by atoms with E-state index in [1.165, 1.54) is 0 Å². The topological polar surface area (TPSA) is 66.5 Å². The van der Waals surface area contributed by atoms with Gasteiger partial charge in [0.25, 0.3) is 0 Å². The van der Waals surface area contributed by atoms with E-state index in [1.54, 1.807) is 29.4 Å². The Morgan fingerprint density at radius 1 is 1.00 bits per heavy atom. The fourth-order valence-electron chi connectivity index (χ4n) is 3.50. The number of rotatable bonds is 6. The van der Waals surface area contributed by atoms with Gasteiger partial charge in [0.2, 0.25) is 15.9 Å². The van der Waals surface area contributed by atoms with Gasteiger partial charge in [0, 0.05) is 25.2 Å². The lowest BCUT2D eigenvalue weighted by molar-refractivity contribution is -0.116. The van der Waals surface area contributed by atoms with Gasteiger partial charge in [-0.25, -0.2) is 8.42 Å². The van der Waals surface area contributed by atoms with Crippen LogP contribution in [-0.4, -0.2) is 31.7 Å². The van der Waals surface area contributed by atoms with Gasteiger partial charge >= 0.3 is 0 Å². The zero-order valence-corrected chi connectivity index (χ0v) is 17.2. The summed E-state index contributed by atoms with van der Waals surface area (Å²) in [7, 11) is -3.55. The minimum absolute atomic E-state index is 0.120. The highest BCUT2D eigenvalue weighted by atomic mass is 32.2. The number of hydrogen-bond donors (Lipinski definition) is 1. The van der Waals surface area contributed by atoms with Crippen molar-refractivity contribution in [2.45, 2.75) is 50.3 Å². The second-order valence-electron chi connectivity index (χ2n) is 7.33. The molecule has 28 heavy (non-hydrogen) atoms. The predicted molar refractivity (Wildman–Crippen MR) is 112 cm³/mol. The van der Waals surface area contributed by atoms with Gasteiger partial charge in [-0.15, -0.1) is 0 Å². The standard InChI is InChI=1S/C22H28N2O3S/c1-18-11-13-20(23-22(25)14-12-19-9-5-4-6-10-19)17-21(18)28(26,27)24-15-7-2-3-8-16-24/h4-6,9-11,13,17H,2-3,7-8,12,14-16H2,1H3,(H,23,25). The molecule has 1 aliphatic heterocycles. The lowest BCUT2D eigenvalue weighted by Crippen LogP contribution is -2.32. The molecule has 0 bridgehead atoms. The largest absolute Gasteiger partial charge is 0.326 e. The number of aryl methyl sites for hydroxylation is 2. The van der Waals surface area contributed by atoms with Gasteiger partial charge in [-0.2, -0.15) is 4.31 Å². The monoisotopic (exact) mass is 400 g/mol. The minimum atomic E-state index is -3.55. The Morgan fingerprint density at radius 2 is 1.68 bits per heavy atom. The second kappa shape index (κ2) is 9.34. The summed E-state index contributed by atoms with van der Waals surface area (Å²) in [6.07, 6.45) is 4.94. The van der Waals surface area contributed by atoms with Crippen molar-refractivity contribution in [1.29, 1.82) is 0 Å². The number of hydrogen-bond acceptors (Lipinski definition) is 3. The van der Waals surface area contributed by atoms with Gasteiger partial charge in [-0.3, -0.25) is 4.79 Å². The zero-order chi connectivity index (χ0) is 20.0. The SMILES string of the molecule is Cc1ccc(NC(=O)CCc2ccccc2)cc1S(=O)(=O)N1CCCCCC1. The normalized spacial score (nSPS) is 15.8. The van der Waals surface area contributed by atoms with Crippen molar-refractivity contribution in [2.75, 3.05) is 18.4 Å². The molecule has 3 rings (SSSR count). The van der Waals surface area contributed by atoms with Crippen LogP contribution in [0.1, 0.15) is 43.2 Å². The number of anilines is 1. The maximum Gasteiger partial charge on any atom is 0.243 e. The molecular formula is C22H28N2O3S. The van der Waals surface area contributed by atoms with E-state index in [1.807, 2.05) is 30.3 Å². The number of sulfonamides is 1. The molecule has 0 spiro atoms. The summed E-state index contributed by atoms with van der Waals surface area (Å²) in [5, 5.41) is 2.85.